The molecule has 0 unspecified atom stereocenters. The van der Waals surface area contributed by atoms with Gasteiger partial charge in [-0.3, -0.25) is 4.68 Å². The zero-order valence-electron chi connectivity index (χ0n) is 13.1. The number of nitrogens with zero attached hydrogens (tertiary/aromatic N) is 5. The average Bonchev–Trinajstić information content (AvgIpc) is 3.00. The average molecular weight is 319 g/mol. The molecule has 2 aromatic heterocycles. The normalized spacial score (nSPS) is 10.2. The minimum Gasteiger partial charge on any atom is -0.497 e. The number of nitriles is 2. The first-order chi connectivity index (χ1) is 11.7. The minimum absolute atomic E-state index is 0.177. The van der Waals surface area contributed by atoms with Crippen LogP contribution in [0, 0.1) is 22.7 Å². The van der Waals surface area contributed by atoms with Crippen molar-refractivity contribution >= 4 is 10.9 Å². The number of fused-ring (bicyclic) bond motifs is 1. The predicted octanol–water partition coefficient (Wildman–Crippen LogP) is 2.24. The van der Waals surface area contributed by atoms with Crippen molar-refractivity contribution in [1.29, 1.82) is 10.5 Å². The van der Waals surface area contributed by atoms with E-state index in [2.05, 4.69) is 10.1 Å². The number of hydrogen-bond acceptors (Lipinski definition) is 6. The highest BCUT2D eigenvalue weighted by Gasteiger charge is 2.19. The van der Waals surface area contributed by atoms with E-state index in [9.17, 15) is 10.5 Å². The van der Waals surface area contributed by atoms with Gasteiger partial charge in [-0.1, -0.05) is 12.1 Å². The van der Waals surface area contributed by atoms with E-state index in [0.29, 0.717) is 28.9 Å². The Morgan fingerprint density at radius 3 is 2.42 bits per heavy atom. The molecule has 0 amide bonds. The van der Waals surface area contributed by atoms with Crippen LogP contribution in [0.4, 0.5) is 0 Å². The number of methoxy groups -OCH3 is 2. The number of rotatable bonds is 4. The van der Waals surface area contributed by atoms with E-state index >= 15 is 0 Å². The Bertz CT molecular complexity index is 977. The SMILES string of the molecule is COc1ccc(Cn2nc(C#N)c3c(C#N)cnc(OC)c32)cc1. The van der Waals surface area contributed by atoms with E-state index in [4.69, 9.17) is 9.47 Å². The van der Waals surface area contributed by atoms with Crippen molar-refractivity contribution in [3.05, 3.63) is 47.3 Å². The molecule has 0 radical (unpaired) electrons. The maximum absolute atomic E-state index is 9.35. The molecule has 24 heavy (non-hydrogen) atoms. The highest BCUT2D eigenvalue weighted by molar-refractivity contribution is 5.92. The molecule has 1 aromatic carbocycles. The van der Waals surface area contributed by atoms with Crippen LogP contribution in [0.15, 0.2) is 30.5 Å². The summed E-state index contributed by atoms with van der Waals surface area (Å²) in [6, 6.07) is 11.6. The van der Waals surface area contributed by atoms with Crippen molar-refractivity contribution in [2.24, 2.45) is 0 Å². The van der Waals surface area contributed by atoms with Crippen LogP contribution in [0.2, 0.25) is 0 Å². The molecule has 7 nitrogen and oxygen atoms in total. The van der Waals surface area contributed by atoms with Crippen molar-refractivity contribution in [2.45, 2.75) is 6.54 Å². The van der Waals surface area contributed by atoms with Gasteiger partial charge in [-0.2, -0.15) is 15.6 Å². The van der Waals surface area contributed by atoms with Gasteiger partial charge in [0.25, 0.3) is 0 Å². The molecule has 0 aliphatic carbocycles. The summed E-state index contributed by atoms with van der Waals surface area (Å²) in [5, 5.41) is 23.4. The zero-order valence-corrected chi connectivity index (χ0v) is 13.1. The second-order valence-electron chi connectivity index (χ2n) is 4.98. The lowest BCUT2D eigenvalue weighted by Crippen LogP contribution is -2.04. The molecule has 0 aliphatic heterocycles. The van der Waals surface area contributed by atoms with Crippen LogP contribution in [0.25, 0.3) is 10.9 Å². The van der Waals surface area contributed by atoms with Gasteiger partial charge in [-0.15, -0.1) is 0 Å². The van der Waals surface area contributed by atoms with Gasteiger partial charge in [0.1, 0.15) is 23.4 Å². The Morgan fingerprint density at radius 1 is 1.08 bits per heavy atom. The minimum atomic E-state index is 0.177. The van der Waals surface area contributed by atoms with Crippen molar-refractivity contribution < 1.29 is 9.47 Å². The van der Waals surface area contributed by atoms with E-state index in [0.717, 1.165) is 11.3 Å². The quantitative estimate of drug-likeness (QED) is 0.731. The highest BCUT2D eigenvalue weighted by Crippen LogP contribution is 2.29. The zero-order chi connectivity index (χ0) is 17.1. The van der Waals surface area contributed by atoms with Crippen LogP contribution in [-0.4, -0.2) is 29.0 Å². The van der Waals surface area contributed by atoms with Crippen molar-refractivity contribution in [2.75, 3.05) is 14.2 Å². The molecule has 0 N–H and O–H groups in total. The third kappa shape index (κ3) is 2.49. The molecule has 3 aromatic rings. The Balaban J connectivity index is 2.17. The second-order valence-corrected chi connectivity index (χ2v) is 4.98. The van der Waals surface area contributed by atoms with Crippen LogP contribution in [0.3, 0.4) is 0 Å². The first kappa shape index (κ1) is 15.3. The third-order valence-corrected chi connectivity index (χ3v) is 3.65. The van der Waals surface area contributed by atoms with E-state index < -0.39 is 0 Å². The van der Waals surface area contributed by atoms with Crippen LogP contribution in [0.5, 0.6) is 11.6 Å². The van der Waals surface area contributed by atoms with Gasteiger partial charge in [0.15, 0.2) is 5.69 Å². The fourth-order valence-corrected chi connectivity index (χ4v) is 2.51. The van der Waals surface area contributed by atoms with Crippen molar-refractivity contribution in [1.82, 2.24) is 14.8 Å². The highest BCUT2D eigenvalue weighted by atomic mass is 16.5. The molecular weight excluding hydrogens is 306 g/mol. The third-order valence-electron chi connectivity index (χ3n) is 3.65. The summed E-state index contributed by atoms with van der Waals surface area (Å²) in [6.45, 7) is 0.412. The molecule has 0 atom stereocenters. The van der Waals surface area contributed by atoms with E-state index in [1.807, 2.05) is 36.4 Å². The Morgan fingerprint density at radius 2 is 1.83 bits per heavy atom. The van der Waals surface area contributed by atoms with Gasteiger partial charge in [-0.05, 0) is 17.7 Å². The first-order valence-corrected chi connectivity index (χ1v) is 7.08. The van der Waals surface area contributed by atoms with Crippen LogP contribution in [0.1, 0.15) is 16.8 Å². The molecule has 118 valence electrons. The van der Waals surface area contributed by atoms with E-state index in [1.165, 1.54) is 13.3 Å². The largest absolute Gasteiger partial charge is 0.497 e. The summed E-state index contributed by atoms with van der Waals surface area (Å²) in [5.41, 5.74) is 1.97. The number of ether oxygens (including phenoxy) is 2. The smallest absolute Gasteiger partial charge is 0.240 e. The van der Waals surface area contributed by atoms with E-state index in [-0.39, 0.29) is 5.69 Å². The maximum Gasteiger partial charge on any atom is 0.240 e. The lowest BCUT2D eigenvalue weighted by Gasteiger charge is -2.07. The van der Waals surface area contributed by atoms with Gasteiger partial charge in [-0.25, -0.2) is 4.98 Å². The monoisotopic (exact) mass is 319 g/mol. The number of pyridine rings is 1. The summed E-state index contributed by atoms with van der Waals surface area (Å²) in [5.74, 6) is 1.08. The van der Waals surface area contributed by atoms with Crippen LogP contribution < -0.4 is 9.47 Å². The topological polar surface area (TPSA) is 96.8 Å². The molecule has 0 spiro atoms. The molecule has 2 heterocycles. The molecule has 3 rings (SSSR count). The number of aromatic nitrogens is 3. The van der Waals surface area contributed by atoms with Crippen molar-refractivity contribution in [3.8, 4) is 23.8 Å². The Labute approximate surface area is 138 Å². The summed E-state index contributed by atoms with van der Waals surface area (Å²) in [6.07, 6.45) is 1.39. The van der Waals surface area contributed by atoms with Gasteiger partial charge < -0.3 is 9.47 Å². The summed E-state index contributed by atoms with van der Waals surface area (Å²) < 4.78 is 12.1. The Kier molecular flexibility index (Phi) is 4.00. The fourth-order valence-electron chi connectivity index (χ4n) is 2.51. The summed E-state index contributed by atoms with van der Waals surface area (Å²) in [7, 11) is 3.10. The first-order valence-electron chi connectivity index (χ1n) is 7.08. The van der Waals surface area contributed by atoms with Gasteiger partial charge in [0.05, 0.1) is 31.7 Å². The standard InChI is InChI=1S/C17H13N5O2/c1-23-13-5-3-11(4-6-13)10-22-16-15(14(8-19)21-22)12(7-18)9-20-17(16)24-2/h3-6,9H,10H2,1-2H3. The van der Waals surface area contributed by atoms with Crippen LogP contribution >= 0.6 is 0 Å². The van der Waals surface area contributed by atoms with Gasteiger partial charge in [0, 0.05) is 6.20 Å². The molecular formula is C17H13N5O2. The second kappa shape index (κ2) is 6.27. The van der Waals surface area contributed by atoms with Gasteiger partial charge >= 0.3 is 0 Å². The molecule has 7 heteroatoms. The van der Waals surface area contributed by atoms with Gasteiger partial charge in [0.2, 0.25) is 5.88 Å². The van der Waals surface area contributed by atoms with E-state index in [1.54, 1.807) is 11.8 Å². The lowest BCUT2D eigenvalue weighted by molar-refractivity contribution is 0.400. The summed E-state index contributed by atoms with van der Waals surface area (Å²) in [4.78, 5) is 4.14. The molecule has 0 fully saturated rings. The number of benzene rings is 1. The predicted molar refractivity (Wildman–Crippen MR) is 85.6 cm³/mol. The Hall–Kier alpha value is -3.58. The molecule has 0 saturated heterocycles. The molecule has 0 aliphatic rings. The number of hydrogen-bond donors (Lipinski definition) is 0. The lowest BCUT2D eigenvalue weighted by atomic mass is 10.1. The molecule has 0 saturated carbocycles. The summed E-state index contributed by atoms with van der Waals surface area (Å²) >= 11 is 0. The fraction of sp³-hybridized carbons (Fsp3) is 0.176. The molecule has 0 bridgehead atoms. The van der Waals surface area contributed by atoms with Crippen LogP contribution in [-0.2, 0) is 6.54 Å². The maximum atomic E-state index is 9.35. The van der Waals surface area contributed by atoms with Crippen molar-refractivity contribution in [3.63, 3.8) is 0 Å².